The Bertz CT molecular complexity index is 1080. The second-order valence-electron chi connectivity index (χ2n) is 12.1. The van der Waals surface area contributed by atoms with E-state index >= 15 is 0 Å². The zero-order chi connectivity index (χ0) is 27.7. The van der Waals surface area contributed by atoms with Crippen molar-refractivity contribution < 1.29 is 23.7 Å². The molecular weight excluding hydrogens is 500 g/mol. The molecule has 0 amide bonds. The molecule has 1 aromatic rings. The molecule has 2 saturated carbocycles. The van der Waals surface area contributed by atoms with Crippen molar-refractivity contribution in [3.05, 3.63) is 53.1 Å². The standard InChI is InChI=1S/C35H46O5/c1-3-4-10-25(2)32(39-34-13-5-7-17-37-34)16-15-30-31-22-28(20-26-11-9-12-27(19-26)24-36)21-29(31)23-33(30)40-35-14-6-8-18-38-35/h9,11-12,15-16,19-20,24-25,29-35H,5-8,10,13-14,17-18,21-23H2,1-2H3/b16-15+,28-20+/t25?,29-,30-,31-,32+,33+,34?,35?/m0/s1. The number of carbonyl (C=O) groups is 1. The largest absolute Gasteiger partial charge is 0.353 e. The molecule has 4 fully saturated rings. The smallest absolute Gasteiger partial charge is 0.158 e. The predicted molar refractivity (Wildman–Crippen MR) is 157 cm³/mol. The molecule has 3 unspecified atom stereocenters. The molecule has 0 aromatic heterocycles. The molecule has 2 aliphatic heterocycles. The number of benzene rings is 1. The van der Waals surface area contributed by atoms with E-state index in [9.17, 15) is 4.79 Å². The number of rotatable bonds is 10. The number of carbonyl (C=O) groups excluding carboxylic acids is 1. The van der Waals surface area contributed by atoms with E-state index in [1.165, 1.54) is 12.0 Å². The SMILES string of the molecule is CC#CCC(C)[C@@H](/C=C/[C@H]1[C@H]2C/C(=C/c3cccc(C=O)c3)C[C@H]2C[C@H]1OC1CCCCO1)OC1CCCCO1. The summed E-state index contributed by atoms with van der Waals surface area (Å²) in [6, 6.07) is 7.89. The lowest BCUT2D eigenvalue weighted by atomic mass is 9.89. The van der Waals surface area contributed by atoms with E-state index in [0.29, 0.717) is 17.8 Å². The first-order valence-corrected chi connectivity index (χ1v) is 15.5. The number of hydrogen-bond donors (Lipinski definition) is 0. The zero-order valence-corrected chi connectivity index (χ0v) is 24.3. The normalized spacial score (nSPS) is 32.9. The highest BCUT2D eigenvalue weighted by atomic mass is 16.7. The van der Waals surface area contributed by atoms with Gasteiger partial charge >= 0.3 is 0 Å². The van der Waals surface area contributed by atoms with Gasteiger partial charge in [0.25, 0.3) is 0 Å². The third kappa shape index (κ3) is 7.74. The van der Waals surface area contributed by atoms with E-state index in [2.05, 4.69) is 43.1 Å². The average molecular weight is 547 g/mol. The van der Waals surface area contributed by atoms with Gasteiger partial charge in [-0.2, -0.15) is 0 Å². The predicted octanol–water partition coefficient (Wildman–Crippen LogP) is 7.36. The van der Waals surface area contributed by atoms with Gasteiger partial charge in [0.2, 0.25) is 0 Å². The van der Waals surface area contributed by atoms with Crippen LogP contribution in [0.15, 0.2) is 42.0 Å². The Kier molecular flexibility index (Phi) is 10.7. The summed E-state index contributed by atoms with van der Waals surface area (Å²) in [4.78, 5) is 11.3. The van der Waals surface area contributed by atoms with Crippen molar-refractivity contribution in [2.75, 3.05) is 13.2 Å². The van der Waals surface area contributed by atoms with Crippen LogP contribution in [0.25, 0.3) is 6.08 Å². The number of fused-ring (bicyclic) bond motifs is 1. The Morgan fingerprint density at radius 2 is 1.82 bits per heavy atom. The van der Waals surface area contributed by atoms with Crippen molar-refractivity contribution in [3.8, 4) is 11.8 Å². The van der Waals surface area contributed by atoms with Crippen LogP contribution in [0.3, 0.4) is 0 Å². The van der Waals surface area contributed by atoms with Gasteiger partial charge in [-0.1, -0.05) is 48.9 Å². The van der Waals surface area contributed by atoms with Gasteiger partial charge < -0.3 is 18.9 Å². The minimum absolute atomic E-state index is 0.0444. The first kappa shape index (κ1) is 29.3. The molecule has 8 atom stereocenters. The van der Waals surface area contributed by atoms with Crippen LogP contribution in [-0.2, 0) is 18.9 Å². The number of ether oxygens (including phenoxy) is 4. The molecule has 0 N–H and O–H groups in total. The number of hydrogen-bond acceptors (Lipinski definition) is 5. The van der Waals surface area contributed by atoms with Crippen molar-refractivity contribution in [3.63, 3.8) is 0 Å². The van der Waals surface area contributed by atoms with Crippen molar-refractivity contribution in [1.29, 1.82) is 0 Å². The topological polar surface area (TPSA) is 54.0 Å². The summed E-state index contributed by atoms with van der Waals surface area (Å²) in [7, 11) is 0. The van der Waals surface area contributed by atoms with Gasteiger partial charge in [0.15, 0.2) is 12.6 Å². The van der Waals surface area contributed by atoms with Gasteiger partial charge in [-0.25, -0.2) is 0 Å². The molecule has 4 aliphatic rings. The van der Waals surface area contributed by atoms with Crippen LogP contribution >= 0.6 is 0 Å². The van der Waals surface area contributed by atoms with Crippen LogP contribution in [0.4, 0.5) is 0 Å². The Morgan fingerprint density at radius 3 is 2.55 bits per heavy atom. The second kappa shape index (κ2) is 14.6. The fourth-order valence-corrected chi connectivity index (χ4v) is 6.96. The lowest BCUT2D eigenvalue weighted by Gasteiger charge is -2.31. The third-order valence-corrected chi connectivity index (χ3v) is 9.10. The van der Waals surface area contributed by atoms with Crippen molar-refractivity contribution in [1.82, 2.24) is 0 Å². The molecule has 216 valence electrons. The quantitative estimate of drug-likeness (QED) is 0.174. The fraction of sp³-hybridized carbons (Fsp3) is 0.629. The highest BCUT2D eigenvalue weighted by molar-refractivity contribution is 5.76. The third-order valence-electron chi connectivity index (χ3n) is 9.10. The molecule has 2 heterocycles. The summed E-state index contributed by atoms with van der Waals surface area (Å²) < 4.78 is 25.2. The Morgan fingerprint density at radius 1 is 1.05 bits per heavy atom. The van der Waals surface area contributed by atoms with Gasteiger partial charge in [0.1, 0.15) is 6.29 Å². The molecule has 1 aromatic carbocycles. The van der Waals surface area contributed by atoms with Gasteiger partial charge in [0, 0.05) is 31.1 Å². The molecule has 5 nitrogen and oxygen atoms in total. The number of allylic oxidation sites excluding steroid dienone is 1. The molecule has 40 heavy (non-hydrogen) atoms. The second-order valence-corrected chi connectivity index (χ2v) is 12.1. The zero-order valence-electron chi connectivity index (χ0n) is 24.3. The lowest BCUT2D eigenvalue weighted by Crippen LogP contribution is -2.32. The first-order chi connectivity index (χ1) is 19.6. The summed E-state index contributed by atoms with van der Waals surface area (Å²) in [5, 5.41) is 0. The Hall–Kier alpha value is -2.23. The molecule has 0 radical (unpaired) electrons. The van der Waals surface area contributed by atoms with Gasteiger partial charge in [-0.05, 0) is 94.1 Å². The minimum Gasteiger partial charge on any atom is -0.353 e. The van der Waals surface area contributed by atoms with E-state index in [1.807, 2.05) is 25.1 Å². The molecule has 0 bridgehead atoms. The highest BCUT2D eigenvalue weighted by Crippen LogP contribution is 2.52. The number of aldehydes is 1. The first-order valence-electron chi connectivity index (χ1n) is 15.5. The molecular formula is C35H46O5. The van der Waals surface area contributed by atoms with Crippen LogP contribution < -0.4 is 0 Å². The van der Waals surface area contributed by atoms with Crippen molar-refractivity contribution in [2.45, 2.75) is 103 Å². The van der Waals surface area contributed by atoms with Crippen LogP contribution in [0.5, 0.6) is 0 Å². The van der Waals surface area contributed by atoms with Crippen LogP contribution in [0, 0.1) is 35.5 Å². The molecule has 2 saturated heterocycles. The van der Waals surface area contributed by atoms with Gasteiger partial charge in [-0.15, -0.1) is 11.8 Å². The maximum absolute atomic E-state index is 11.3. The van der Waals surface area contributed by atoms with Crippen LogP contribution in [-0.4, -0.2) is 44.3 Å². The van der Waals surface area contributed by atoms with Crippen molar-refractivity contribution in [2.24, 2.45) is 23.7 Å². The monoisotopic (exact) mass is 546 g/mol. The van der Waals surface area contributed by atoms with Gasteiger partial charge in [0.05, 0.1) is 12.2 Å². The molecule has 5 heteroatoms. The van der Waals surface area contributed by atoms with E-state index in [4.69, 9.17) is 18.9 Å². The summed E-state index contributed by atoms with van der Waals surface area (Å²) >= 11 is 0. The Balaban J connectivity index is 1.34. The summed E-state index contributed by atoms with van der Waals surface area (Å²) in [5.74, 6) is 8.01. The summed E-state index contributed by atoms with van der Waals surface area (Å²) in [6.45, 7) is 5.70. The highest BCUT2D eigenvalue weighted by Gasteiger charge is 2.47. The van der Waals surface area contributed by atoms with E-state index < -0.39 is 0 Å². The van der Waals surface area contributed by atoms with E-state index in [1.54, 1.807) is 0 Å². The average Bonchev–Trinajstić information content (AvgIpc) is 3.51. The van der Waals surface area contributed by atoms with Crippen molar-refractivity contribution >= 4 is 12.4 Å². The maximum Gasteiger partial charge on any atom is 0.158 e. The molecule has 0 spiro atoms. The summed E-state index contributed by atoms with van der Waals surface area (Å²) in [6.07, 6.45) is 18.3. The van der Waals surface area contributed by atoms with Crippen LogP contribution in [0.1, 0.15) is 94.0 Å². The Labute approximate surface area is 240 Å². The van der Waals surface area contributed by atoms with E-state index in [0.717, 1.165) is 88.4 Å². The molecule has 2 aliphatic carbocycles. The maximum atomic E-state index is 11.3. The van der Waals surface area contributed by atoms with E-state index in [-0.39, 0.29) is 30.7 Å². The summed E-state index contributed by atoms with van der Waals surface area (Å²) in [5.41, 5.74) is 3.31. The minimum atomic E-state index is -0.136. The molecule has 5 rings (SSSR count). The lowest BCUT2D eigenvalue weighted by molar-refractivity contribution is -0.193. The van der Waals surface area contributed by atoms with Crippen LogP contribution in [0.2, 0.25) is 0 Å². The van der Waals surface area contributed by atoms with Gasteiger partial charge in [-0.3, -0.25) is 4.79 Å². The fourth-order valence-electron chi connectivity index (χ4n) is 6.96.